The van der Waals surface area contributed by atoms with Gasteiger partial charge in [-0.2, -0.15) is 0 Å². The molecule has 0 rings (SSSR count). The molecule has 1 atom stereocenters. The predicted molar refractivity (Wildman–Crippen MR) is 55.4 cm³/mol. The van der Waals surface area contributed by atoms with E-state index in [-0.39, 0.29) is 19.8 Å². The van der Waals surface area contributed by atoms with E-state index in [1.54, 1.807) is 13.8 Å². The van der Waals surface area contributed by atoms with E-state index in [1.165, 1.54) is 4.90 Å². The van der Waals surface area contributed by atoms with Crippen molar-refractivity contribution in [2.45, 2.75) is 32.7 Å². The molecule has 96 valence electrons. The number of halogens is 2. The Balaban J connectivity index is 4.49. The lowest BCUT2D eigenvalue weighted by Gasteiger charge is -2.28. The van der Waals surface area contributed by atoms with E-state index >= 15 is 0 Å². The molecule has 0 radical (unpaired) electrons. The summed E-state index contributed by atoms with van der Waals surface area (Å²) in [6, 6.07) is -0.707. The second-order valence-corrected chi connectivity index (χ2v) is 3.29. The number of esters is 1. The fraction of sp³-hybridized carbons (Fsp3) is 0.900. The third-order valence-electron chi connectivity index (χ3n) is 2.15. The Labute approximate surface area is 94.2 Å². The number of alkyl halides is 2. The molecule has 1 unspecified atom stereocenters. The Bertz CT molecular complexity index is 203. The van der Waals surface area contributed by atoms with Crippen molar-refractivity contribution < 1.29 is 23.4 Å². The largest absolute Gasteiger partial charge is 0.465 e. The molecule has 0 heterocycles. The van der Waals surface area contributed by atoms with E-state index in [0.717, 1.165) is 0 Å². The maximum Gasteiger partial charge on any atom is 0.323 e. The van der Waals surface area contributed by atoms with Crippen LogP contribution in [0.3, 0.4) is 0 Å². The molecule has 0 aliphatic rings. The van der Waals surface area contributed by atoms with Crippen molar-refractivity contribution in [1.82, 2.24) is 4.90 Å². The van der Waals surface area contributed by atoms with Gasteiger partial charge in [-0.1, -0.05) is 6.92 Å². The number of carbonyl (C=O) groups excluding carboxylic acids is 1. The van der Waals surface area contributed by atoms with Gasteiger partial charge in [0.15, 0.2) is 0 Å². The molecule has 0 saturated carbocycles. The van der Waals surface area contributed by atoms with Crippen LogP contribution < -0.4 is 0 Å². The van der Waals surface area contributed by atoms with Crippen molar-refractivity contribution in [2.75, 3.05) is 26.3 Å². The second kappa shape index (κ2) is 8.41. The lowest BCUT2D eigenvalue weighted by atomic mass is 10.2. The number of rotatable bonds is 8. The summed E-state index contributed by atoms with van der Waals surface area (Å²) in [4.78, 5) is 12.7. The molecule has 0 spiro atoms. The number of hydrogen-bond acceptors (Lipinski definition) is 4. The van der Waals surface area contributed by atoms with Crippen molar-refractivity contribution >= 4 is 5.97 Å². The first-order valence-corrected chi connectivity index (χ1v) is 5.36. The van der Waals surface area contributed by atoms with Gasteiger partial charge in [0.25, 0.3) is 6.43 Å². The normalized spacial score (nSPS) is 13.2. The van der Waals surface area contributed by atoms with E-state index in [1.807, 2.05) is 0 Å². The van der Waals surface area contributed by atoms with E-state index in [2.05, 4.69) is 0 Å². The Morgan fingerprint density at radius 1 is 1.44 bits per heavy atom. The molecule has 1 N–H and O–H groups in total. The van der Waals surface area contributed by atoms with Gasteiger partial charge in [-0.05, 0) is 13.3 Å². The van der Waals surface area contributed by atoms with Crippen LogP contribution in [0.1, 0.15) is 20.3 Å². The summed E-state index contributed by atoms with van der Waals surface area (Å²) in [5.74, 6) is -0.515. The quantitative estimate of drug-likeness (QED) is 0.639. The minimum absolute atomic E-state index is 0.0433. The number of hydrogen-bond donors (Lipinski definition) is 1. The van der Waals surface area contributed by atoms with Gasteiger partial charge < -0.3 is 9.84 Å². The van der Waals surface area contributed by atoms with E-state index < -0.39 is 25.0 Å². The lowest BCUT2D eigenvalue weighted by molar-refractivity contribution is -0.150. The summed E-state index contributed by atoms with van der Waals surface area (Å²) >= 11 is 0. The van der Waals surface area contributed by atoms with Crippen molar-refractivity contribution in [2.24, 2.45) is 0 Å². The number of ether oxygens (including phenoxy) is 1. The molecule has 0 aliphatic carbocycles. The van der Waals surface area contributed by atoms with Crippen LogP contribution in [0, 0.1) is 0 Å². The minimum atomic E-state index is -2.53. The Hall–Kier alpha value is -0.750. The maximum absolute atomic E-state index is 12.3. The minimum Gasteiger partial charge on any atom is -0.465 e. The van der Waals surface area contributed by atoms with Crippen LogP contribution in [0.4, 0.5) is 8.78 Å². The first-order valence-electron chi connectivity index (χ1n) is 5.36. The van der Waals surface area contributed by atoms with Crippen LogP contribution >= 0.6 is 0 Å². The highest BCUT2D eigenvalue weighted by molar-refractivity contribution is 5.75. The Morgan fingerprint density at radius 3 is 2.44 bits per heavy atom. The SMILES string of the molecule is CCOC(=O)C(CC)N(CCO)CC(F)F. The summed E-state index contributed by atoms with van der Waals surface area (Å²) < 4.78 is 29.4. The van der Waals surface area contributed by atoms with Crippen molar-refractivity contribution in [3.63, 3.8) is 0 Å². The van der Waals surface area contributed by atoms with Gasteiger partial charge in [-0.25, -0.2) is 8.78 Å². The third kappa shape index (κ3) is 5.37. The molecule has 16 heavy (non-hydrogen) atoms. The zero-order valence-electron chi connectivity index (χ0n) is 9.66. The van der Waals surface area contributed by atoms with Crippen LogP contribution in [0.15, 0.2) is 0 Å². The first kappa shape index (κ1) is 15.2. The van der Waals surface area contributed by atoms with Crippen LogP contribution in [0.25, 0.3) is 0 Å². The standard InChI is InChI=1S/C10H19F2NO3/c1-3-8(10(15)16-4-2)13(5-6-14)7-9(11)12/h8-9,14H,3-7H2,1-2H3. The van der Waals surface area contributed by atoms with Gasteiger partial charge in [0.05, 0.1) is 19.8 Å². The topological polar surface area (TPSA) is 49.8 Å². The number of nitrogens with zero attached hydrogens (tertiary/aromatic N) is 1. The molecule has 6 heteroatoms. The molecule has 0 amide bonds. The van der Waals surface area contributed by atoms with Crippen LogP contribution in [-0.2, 0) is 9.53 Å². The van der Waals surface area contributed by atoms with Gasteiger partial charge in [0.2, 0.25) is 0 Å². The van der Waals surface area contributed by atoms with Crippen molar-refractivity contribution in [3.8, 4) is 0 Å². The third-order valence-corrected chi connectivity index (χ3v) is 2.15. The first-order chi connectivity index (χ1) is 7.56. The van der Waals surface area contributed by atoms with Crippen molar-refractivity contribution in [1.29, 1.82) is 0 Å². The smallest absolute Gasteiger partial charge is 0.323 e. The molecular weight excluding hydrogens is 220 g/mol. The van der Waals surface area contributed by atoms with Crippen LogP contribution in [-0.4, -0.2) is 54.7 Å². The molecule has 0 bridgehead atoms. The predicted octanol–water partition coefficient (Wildman–Crippen LogP) is 0.887. The summed E-state index contributed by atoms with van der Waals surface area (Å²) in [5, 5.41) is 8.77. The zero-order valence-corrected chi connectivity index (χ0v) is 9.66. The van der Waals surface area contributed by atoms with Crippen LogP contribution in [0.5, 0.6) is 0 Å². The number of aliphatic hydroxyl groups is 1. The van der Waals surface area contributed by atoms with Crippen molar-refractivity contribution in [3.05, 3.63) is 0 Å². The number of carbonyl (C=O) groups is 1. The van der Waals surface area contributed by atoms with E-state index in [9.17, 15) is 13.6 Å². The molecule has 0 saturated heterocycles. The van der Waals surface area contributed by atoms with Gasteiger partial charge in [-0.15, -0.1) is 0 Å². The van der Waals surface area contributed by atoms with E-state index in [4.69, 9.17) is 9.84 Å². The summed E-state index contributed by atoms with van der Waals surface area (Å²) in [6.45, 7) is 2.85. The highest BCUT2D eigenvalue weighted by Crippen LogP contribution is 2.09. The maximum atomic E-state index is 12.3. The highest BCUT2D eigenvalue weighted by atomic mass is 19.3. The number of aliphatic hydroxyl groups excluding tert-OH is 1. The Morgan fingerprint density at radius 2 is 2.06 bits per heavy atom. The van der Waals surface area contributed by atoms with Gasteiger partial charge in [0, 0.05) is 6.54 Å². The molecule has 0 aromatic rings. The van der Waals surface area contributed by atoms with Gasteiger partial charge in [-0.3, -0.25) is 9.69 Å². The fourth-order valence-electron chi connectivity index (χ4n) is 1.49. The zero-order chi connectivity index (χ0) is 12.6. The highest BCUT2D eigenvalue weighted by Gasteiger charge is 2.27. The summed E-state index contributed by atoms with van der Waals surface area (Å²) in [5.41, 5.74) is 0. The summed E-state index contributed by atoms with van der Waals surface area (Å²) in [7, 11) is 0. The fourth-order valence-corrected chi connectivity index (χ4v) is 1.49. The molecule has 0 aliphatic heterocycles. The van der Waals surface area contributed by atoms with Gasteiger partial charge >= 0.3 is 5.97 Å². The average molecular weight is 239 g/mol. The van der Waals surface area contributed by atoms with Gasteiger partial charge in [0.1, 0.15) is 6.04 Å². The Kier molecular flexibility index (Phi) is 8.01. The monoisotopic (exact) mass is 239 g/mol. The molecule has 0 fully saturated rings. The molecular formula is C10H19F2NO3. The lowest BCUT2D eigenvalue weighted by Crippen LogP contribution is -2.45. The second-order valence-electron chi connectivity index (χ2n) is 3.29. The summed E-state index contributed by atoms with van der Waals surface area (Å²) in [6.07, 6.45) is -2.15. The van der Waals surface area contributed by atoms with Crippen LogP contribution in [0.2, 0.25) is 0 Å². The molecule has 0 aromatic carbocycles. The average Bonchev–Trinajstić information content (AvgIpc) is 2.18. The molecule has 0 aromatic heterocycles. The molecule has 4 nitrogen and oxygen atoms in total. The van der Waals surface area contributed by atoms with E-state index in [0.29, 0.717) is 6.42 Å².